The second-order valence-electron chi connectivity index (χ2n) is 9.89. The minimum Gasteiger partial charge on any atom is -0.496 e. The number of carbonyl (C=O) groups excluding carboxylic acids is 1. The van der Waals surface area contributed by atoms with Crippen LogP contribution in [-0.2, 0) is 9.47 Å². The monoisotopic (exact) mass is 455 g/mol. The van der Waals surface area contributed by atoms with Gasteiger partial charge in [0.2, 0.25) is 0 Å². The predicted octanol–water partition coefficient (Wildman–Crippen LogP) is 5.46. The number of aromatic nitrogens is 2. The number of benzene rings is 1. The number of halogens is 1. The fourth-order valence-electron chi connectivity index (χ4n) is 4.02. The molecule has 1 unspecified atom stereocenters. The Morgan fingerprint density at radius 3 is 2.70 bits per heavy atom. The van der Waals surface area contributed by atoms with Gasteiger partial charge in [-0.1, -0.05) is 0 Å². The van der Waals surface area contributed by atoms with E-state index < -0.39 is 11.1 Å². The molecule has 0 radical (unpaired) electrons. The minimum absolute atomic E-state index is 0.337. The zero-order valence-electron chi connectivity index (χ0n) is 19.9. The Morgan fingerprint density at radius 2 is 2.00 bits per heavy atom. The van der Waals surface area contributed by atoms with Crippen LogP contribution in [0.25, 0.3) is 22.2 Å². The number of carbonyl (C=O) groups is 1. The number of fused-ring (bicyclic) bond motifs is 1. The van der Waals surface area contributed by atoms with Crippen molar-refractivity contribution in [2.24, 2.45) is 0 Å². The molecule has 1 saturated heterocycles. The lowest BCUT2D eigenvalue weighted by Crippen LogP contribution is -2.57. The van der Waals surface area contributed by atoms with Crippen molar-refractivity contribution in [3.8, 4) is 16.9 Å². The quantitative estimate of drug-likeness (QED) is 0.567. The van der Waals surface area contributed by atoms with Crippen LogP contribution < -0.4 is 4.74 Å². The van der Waals surface area contributed by atoms with Crippen molar-refractivity contribution in [1.82, 2.24) is 14.9 Å². The Labute approximate surface area is 192 Å². The lowest BCUT2D eigenvalue weighted by Gasteiger charge is -2.45. The summed E-state index contributed by atoms with van der Waals surface area (Å²) < 4.78 is 30.9. The number of pyridine rings is 1. The second-order valence-corrected chi connectivity index (χ2v) is 9.89. The molecular formula is C25H30FN3O4. The van der Waals surface area contributed by atoms with Gasteiger partial charge >= 0.3 is 6.09 Å². The van der Waals surface area contributed by atoms with Crippen molar-refractivity contribution in [1.29, 1.82) is 0 Å². The Balaban J connectivity index is 1.69. The molecule has 1 aliphatic rings. The molecule has 176 valence electrons. The molecule has 1 fully saturated rings. The standard InChI is InChI=1S/C25H30FN3O4/c1-24(2,3)33-23(30)29-13-21(32-14-25(29,4)5)19-12-18-16(9-10-27-22(18)28-19)17-8-7-15(26)11-20(17)31-6/h7-12,21H,13-14H2,1-6H3,(H,27,28). The molecule has 1 aliphatic heterocycles. The number of ether oxygens (including phenoxy) is 3. The van der Waals surface area contributed by atoms with Crippen molar-refractivity contribution >= 4 is 17.1 Å². The molecule has 33 heavy (non-hydrogen) atoms. The van der Waals surface area contributed by atoms with Crippen LogP contribution in [0.5, 0.6) is 5.75 Å². The van der Waals surface area contributed by atoms with E-state index in [9.17, 15) is 9.18 Å². The van der Waals surface area contributed by atoms with Crippen LogP contribution in [0, 0.1) is 5.82 Å². The van der Waals surface area contributed by atoms with E-state index in [1.165, 1.54) is 19.2 Å². The Kier molecular flexibility index (Phi) is 5.82. The summed E-state index contributed by atoms with van der Waals surface area (Å²) in [6.45, 7) is 10.2. The van der Waals surface area contributed by atoms with Crippen molar-refractivity contribution < 1.29 is 23.4 Å². The van der Waals surface area contributed by atoms with E-state index in [0.29, 0.717) is 24.5 Å². The van der Waals surface area contributed by atoms with Crippen molar-refractivity contribution in [2.45, 2.75) is 51.9 Å². The Hall–Kier alpha value is -3.13. The van der Waals surface area contributed by atoms with Gasteiger partial charge in [0.1, 0.15) is 28.9 Å². The van der Waals surface area contributed by atoms with E-state index in [1.54, 1.807) is 17.2 Å². The lowest BCUT2D eigenvalue weighted by atomic mass is 10.00. The van der Waals surface area contributed by atoms with Crippen LogP contribution in [0.4, 0.5) is 9.18 Å². The maximum atomic E-state index is 13.7. The normalized spacial score (nSPS) is 18.4. The molecule has 1 aromatic carbocycles. The smallest absolute Gasteiger partial charge is 0.410 e. The van der Waals surface area contributed by atoms with Crippen molar-refractivity contribution in [3.63, 3.8) is 0 Å². The number of aromatic amines is 1. The first-order chi connectivity index (χ1) is 15.5. The van der Waals surface area contributed by atoms with Gasteiger partial charge in [0.15, 0.2) is 0 Å². The zero-order chi connectivity index (χ0) is 24.0. The van der Waals surface area contributed by atoms with Gasteiger partial charge in [0.05, 0.1) is 25.8 Å². The fraction of sp³-hybridized carbons (Fsp3) is 0.440. The largest absolute Gasteiger partial charge is 0.496 e. The summed E-state index contributed by atoms with van der Waals surface area (Å²) in [5.74, 6) is 0.0770. The number of morpholine rings is 1. The van der Waals surface area contributed by atoms with Gasteiger partial charge in [-0.05, 0) is 64.4 Å². The van der Waals surface area contributed by atoms with Gasteiger partial charge in [-0.3, -0.25) is 4.90 Å². The first-order valence-electron chi connectivity index (χ1n) is 10.9. The van der Waals surface area contributed by atoms with E-state index in [4.69, 9.17) is 14.2 Å². The molecule has 3 aromatic rings. The van der Waals surface area contributed by atoms with Crippen LogP contribution in [0.1, 0.15) is 46.4 Å². The highest BCUT2D eigenvalue weighted by atomic mass is 19.1. The average molecular weight is 456 g/mol. The van der Waals surface area contributed by atoms with E-state index in [-0.39, 0.29) is 18.0 Å². The molecule has 0 aliphatic carbocycles. The highest BCUT2D eigenvalue weighted by Gasteiger charge is 2.41. The molecule has 1 N–H and O–H groups in total. The number of H-pyrrole nitrogens is 1. The van der Waals surface area contributed by atoms with E-state index in [1.807, 2.05) is 46.8 Å². The predicted molar refractivity (Wildman–Crippen MR) is 124 cm³/mol. The molecule has 2 aromatic heterocycles. The average Bonchev–Trinajstić information content (AvgIpc) is 3.16. The summed E-state index contributed by atoms with van der Waals surface area (Å²) in [4.78, 5) is 22.4. The van der Waals surface area contributed by atoms with Crippen molar-refractivity contribution in [2.75, 3.05) is 20.3 Å². The summed E-state index contributed by atoms with van der Waals surface area (Å²) in [5, 5.41) is 0.856. The SMILES string of the molecule is COc1cc(F)ccc1-c1ccnc2[nH]c(C3CN(C(=O)OC(C)(C)C)C(C)(C)CO3)cc12. The number of hydrogen-bond acceptors (Lipinski definition) is 5. The first kappa shape index (κ1) is 23.0. The van der Waals surface area contributed by atoms with Crippen LogP contribution >= 0.6 is 0 Å². The van der Waals surface area contributed by atoms with E-state index >= 15 is 0 Å². The molecule has 0 bridgehead atoms. The second kappa shape index (κ2) is 8.33. The summed E-state index contributed by atoms with van der Waals surface area (Å²) in [5.41, 5.74) is 2.00. The number of hydrogen-bond donors (Lipinski definition) is 1. The highest BCUT2D eigenvalue weighted by molar-refractivity contribution is 5.95. The summed E-state index contributed by atoms with van der Waals surface area (Å²) in [6.07, 6.45) is 0.952. The third-order valence-corrected chi connectivity index (χ3v) is 5.68. The summed E-state index contributed by atoms with van der Waals surface area (Å²) in [6, 6.07) is 8.30. The summed E-state index contributed by atoms with van der Waals surface area (Å²) >= 11 is 0. The molecular weight excluding hydrogens is 425 g/mol. The van der Waals surface area contributed by atoms with Crippen LogP contribution in [-0.4, -0.2) is 52.4 Å². The van der Waals surface area contributed by atoms with Crippen LogP contribution in [0.2, 0.25) is 0 Å². The molecule has 1 atom stereocenters. The summed E-state index contributed by atoms with van der Waals surface area (Å²) in [7, 11) is 1.52. The number of amides is 1. The molecule has 0 saturated carbocycles. The topological polar surface area (TPSA) is 76.7 Å². The lowest BCUT2D eigenvalue weighted by molar-refractivity contribution is -0.101. The highest BCUT2D eigenvalue weighted by Crippen LogP contribution is 2.37. The molecule has 0 spiro atoms. The number of methoxy groups -OCH3 is 1. The number of nitrogens with zero attached hydrogens (tertiary/aromatic N) is 2. The fourth-order valence-corrected chi connectivity index (χ4v) is 4.02. The van der Waals surface area contributed by atoms with Crippen LogP contribution in [0.3, 0.4) is 0 Å². The first-order valence-corrected chi connectivity index (χ1v) is 10.9. The molecule has 8 heteroatoms. The Morgan fingerprint density at radius 1 is 1.24 bits per heavy atom. The number of nitrogens with one attached hydrogen (secondary N) is 1. The van der Waals surface area contributed by atoms with Crippen LogP contribution in [0.15, 0.2) is 36.5 Å². The van der Waals surface area contributed by atoms with Gasteiger partial charge < -0.3 is 19.2 Å². The molecule has 1 amide bonds. The molecule has 7 nitrogen and oxygen atoms in total. The van der Waals surface area contributed by atoms with Crippen molar-refractivity contribution in [3.05, 3.63) is 48.0 Å². The van der Waals surface area contributed by atoms with Gasteiger partial charge in [-0.15, -0.1) is 0 Å². The maximum Gasteiger partial charge on any atom is 0.410 e. The van der Waals surface area contributed by atoms with Gasteiger partial charge in [0.25, 0.3) is 0 Å². The molecule has 4 rings (SSSR count). The Bertz CT molecular complexity index is 1180. The third-order valence-electron chi connectivity index (χ3n) is 5.68. The third kappa shape index (κ3) is 4.66. The minimum atomic E-state index is -0.588. The molecule has 3 heterocycles. The van der Waals surface area contributed by atoms with Gasteiger partial charge in [-0.25, -0.2) is 14.2 Å². The van der Waals surface area contributed by atoms with Gasteiger partial charge in [-0.2, -0.15) is 0 Å². The zero-order valence-corrected chi connectivity index (χ0v) is 19.9. The maximum absolute atomic E-state index is 13.7. The van der Waals surface area contributed by atoms with E-state index in [2.05, 4.69) is 9.97 Å². The van der Waals surface area contributed by atoms with Gasteiger partial charge in [0, 0.05) is 28.9 Å². The van der Waals surface area contributed by atoms with E-state index in [0.717, 1.165) is 22.2 Å². The number of rotatable bonds is 3.